The number of nitrogens with two attached hydrogens (primary N) is 1. The molecule has 0 aliphatic carbocycles. The Morgan fingerprint density at radius 3 is 3.06 bits per heavy atom. The summed E-state index contributed by atoms with van der Waals surface area (Å²) in [6.07, 6.45) is 1.68. The lowest BCUT2D eigenvalue weighted by Gasteiger charge is -2.00. The Morgan fingerprint density at radius 2 is 2.35 bits per heavy atom. The summed E-state index contributed by atoms with van der Waals surface area (Å²) in [5.74, 6) is 1.39. The van der Waals surface area contributed by atoms with Crippen molar-refractivity contribution < 1.29 is 4.74 Å². The average Bonchev–Trinajstić information content (AvgIpc) is 2.72. The fourth-order valence-electron chi connectivity index (χ4n) is 1.31. The molecule has 0 amide bonds. The van der Waals surface area contributed by atoms with Crippen molar-refractivity contribution in [1.82, 2.24) is 19.7 Å². The van der Waals surface area contributed by atoms with Gasteiger partial charge in [-0.1, -0.05) is 6.07 Å². The summed E-state index contributed by atoms with van der Waals surface area (Å²) in [7, 11) is 1.63. The maximum absolute atomic E-state index is 5.76. The van der Waals surface area contributed by atoms with E-state index in [4.69, 9.17) is 10.5 Å². The molecule has 0 bridgehead atoms. The van der Waals surface area contributed by atoms with E-state index in [0.29, 0.717) is 30.9 Å². The largest absolute Gasteiger partial charge is 0.383 e. The van der Waals surface area contributed by atoms with E-state index in [-0.39, 0.29) is 0 Å². The summed E-state index contributed by atoms with van der Waals surface area (Å²) < 4.78 is 6.40. The average molecular weight is 234 g/mol. The van der Waals surface area contributed by atoms with Crippen molar-refractivity contribution >= 4 is 11.9 Å². The Bertz CT molecular complexity index is 469. The minimum absolute atomic E-state index is 0.295. The normalized spacial score (nSPS) is 10.4. The molecule has 0 saturated heterocycles. The van der Waals surface area contributed by atoms with Gasteiger partial charge < -0.3 is 15.8 Å². The van der Waals surface area contributed by atoms with Crippen LogP contribution < -0.4 is 11.1 Å². The second kappa shape index (κ2) is 5.26. The second-order valence-corrected chi connectivity index (χ2v) is 3.31. The molecule has 0 aliphatic heterocycles. The minimum Gasteiger partial charge on any atom is -0.383 e. The maximum Gasteiger partial charge on any atom is 0.244 e. The van der Waals surface area contributed by atoms with E-state index in [0.717, 1.165) is 0 Å². The van der Waals surface area contributed by atoms with Crippen molar-refractivity contribution in [3.63, 3.8) is 0 Å². The Kier molecular flexibility index (Phi) is 3.51. The molecule has 90 valence electrons. The molecule has 0 aromatic carbocycles. The van der Waals surface area contributed by atoms with Crippen LogP contribution in [0.5, 0.6) is 0 Å². The van der Waals surface area contributed by atoms with Crippen LogP contribution in [0.2, 0.25) is 0 Å². The number of nitrogens with one attached hydrogen (secondary N) is 1. The number of aromatic nitrogens is 4. The molecule has 17 heavy (non-hydrogen) atoms. The van der Waals surface area contributed by atoms with Crippen LogP contribution in [-0.2, 0) is 4.74 Å². The van der Waals surface area contributed by atoms with Gasteiger partial charge >= 0.3 is 0 Å². The number of pyridine rings is 1. The van der Waals surface area contributed by atoms with Gasteiger partial charge in [-0.2, -0.15) is 9.67 Å². The summed E-state index contributed by atoms with van der Waals surface area (Å²) in [4.78, 5) is 8.23. The predicted octanol–water partition coefficient (Wildman–Crippen LogP) is 0.303. The number of hydrogen-bond acceptors (Lipinski definition) is 6. The van der Waals surface area contributed by atoms with E-state index in [1.165, 1.54) is 4.68 Å². The first kappa shape index (κ1) is 11.3. The van der Waals surface area contributed by atoms with Crippen LogP contribution in [0.15, 0.2) is 24.4 Å². The molecular formula is C10H14N6O. The first-order valence-corrected chi connectivity index (χ1v) is 5.18. The van der Waals surface area contributed by atoms with Crippen LogP contribution in [0.1, 0.15) is 0 Å². The van der Waals surface area contributed by atoms with Crippen molar-refractivity contribution in [2.75, 3.05) is 31.3 Å². The highest BCUT2D eigenvalue weighted by molar-refractivity contribution is 5.38. The van der Waals surface area contributed by atoms with Gasteiger partial charge in [-0.3, -0.25) is 0 Å². The molecule has 0 fully saturated rings. The van der Waals surface area contributed by atoms with E-state index in [1.54, 1.807) is 13.3 Å². The molecule has 2 heterocycles. The second-order valence-electron chi connectivity index (χ2n) is 3.31. The number of methoxy groups -OCH3 is 1. The highest BCUT2D eigenvalue weighted by Crippen LogP contribution is 2.10. The molecule has 0 saturated carbocycles. The molecule has 2 rings (SSSR count). The molecule has 0 aliphatic rings. The minimum atomic E-state index is 0.295. The van der Waals surface area contributed by atoms with Gasteiger partial charge in [0, 0.05) is 19.9 Å². The number of hydrogen-bond donors (Lipinski definition) is 2. The van der Waals surface area contributed by atoms with Crippen LogP contribution in [-0.4, -0.2) is 40.0 Å². The zero-order valence-electron chi connectivity index (χ0n) is 9.50. The smallest absolute Gasteiger partial charge is 0.244 e. The van der Waals surface area contributed by atoms with E-state index < -0.39 is 0 Å². The van der Waals surface area contributed by atoms with Gasteiger partial charge in [0.05, 0.1) is 6.61 Å². The van der Waals surface area contributed by atoms with Crippen LogP contribution in [0.4, 0.5) is 11.9 Å². The zero-order chi connectivity index (χ0) is 12.1. The van der Waals surface area contributed by atoms with Crippen molar-refractivity contribution in [3.05, 3.63) is 24.4 Å². The van der Waals surface area contributed by atoms with E-state index >= 15 is 0 Å². The monoisotopic (exact) mass is 234 g/mol. The first-order chi connectivity index (χ1) is 8.31. The number of anilines is 2. The zero-order valence-corrected chi connectivity index (χ0v) is 9.50. The van der Waals surface area contributed by atoms with Gasteiger partial charge in [0.25, 0.3) is 0 Å². The van der Waals surface area contributed by atoms with Crippen molar-refractivity contribution in [3.8, 4) is 5.82 Å². The Morgan fingerprint density at radius 1 is 1.47 bits per heavy atom. The lowest BCUT2D eigenvalue weighted by atomic mass is 10.5. The fourth-order valence-corrected chi connectivity index (χ4v) is 1.31. The van der Waals surface area contributed by atoms with Gasteiger partial charge in [-0.25, -0.2) is 4.98 Å². The van der Waals surface area contributed by atoms with Gasteiger partial charge in [-0.05, 0) is 12.1 Å². The fraction of sp³-hybridized carbons (Fsp3) is 0.300. The maximum atomic E-state index is 5.76. The number of nitrogens with zero attached hydrogens (tertiary/aromatic N) is 4. The topological polar surface area (TPSA) is 90.9 Å². The third kappa shape index (κ3) is 2.70. The number of rotatable bonds is 5. The third-order valence-electron chi connectivity index (χ3n) is 2.09. The highest BCUT2D eigenvalue weighted by Gasteiger charge is 2.08. The standard InChI is InChI=1S/C10H14N6O/c1-17-7-6-13-10-14-9(11)16(15-10)8-4-2-3-5-12-8/h2-5H,6-7H2,1H3,(H3,11,13,14,15). The van der Waals surface area contributed by atoms with Crippen molar-refractivity contribution in [2.45, 2.75) is 0 Å². The van der Waals surface area contributed by atoms with Crippen molar-refractivity contribution in [1.29, 1.82) is 0 Å². The van der Waals surface area contributed by atoms with Crippen LogP contribution >= 0.6 is 0 Å². The molecule has 0 spiro atoms. The molecule has 0 unspecified atom stereocenters. The third-order valence-corrected chi connectivity index (χ3v) is 2.09. The van der Waals surface area contributed by atoms with Gasteiger partial charge in [0.1, 0.15) is 0 Å². The Labute approximate surface area is 98.6 Å². The van der Waals surface area contributed by atoms with E-state index in [2.05, 4.69) is 20.4 Å². The van der Waals surface area contributed by atoms with Crippen molar-refractivity contribution in [2.24, 2.45) is 0 Å². The molecule has 7 heteroatoms. The molecule has 2 aromatic heterocycles. The van der Waals surface area contributed by atoms with E-state index in [1.807, 2.05) is 18.2 Å². The predicted molar refractivity (Wildman–Crippen MR) is 63.9 cm³/mol. The van der Waals surface area contributed by atoms with Gasteiger partial charge in [0.2, 0.25) is 11.9 Å². The van der Waals surface area contributed by atoms with E-state index in [9.17, 15) is 0 Å². The van der Waals surface area contributed by atoms with Gasteiger partial charge in [0.15, 0.2) is 5.82 Å². The lowest BCUT2D eigenvalue weighted by Crippen LogP contribution is -2.09. The summed E-state index contributed by atoms with van der Waals surface area (Å²) >= 11 is 0. The van der Waals surface area contributed by atoms with Crippen LogP contribution in [0.3, 0.4) is 0 Å². The molecule has 0 atom stereocenters. The summed E-state index contributed by atoms with van der Waals surface area (Å²) in [5.41, 5.74) is 5.76. The van der Waals surface area contributed by atoms with Crippen LogP contribution in [0, 0.1) is 0 Å². The first-order valence-electron chi connectivity index (χ1n) is 5.18. The molecule has 2 aromatic rings. The lowest BCUT2D eigenvalue weighted by molar-refractivity contribution is 0.210. The summed E-state index contributed by atoms with van der Waals surface area (Å²) in [6.45, 7) is 1.21. The Balaban J connectivity index is 2.14. The molecular weight excluding hydrogens is 220 g/mol. The SMILES string of the molecule is COCCNc1nc(N)n(-c2ccccn2)n1. The highest BCUT2D eigenvalue weighted by atomic mass is 16.5. The summed E-state index contributed by atoms with van der Waals surface area (Å²) in [6, 6.07) is 5.50. The van der Waals surface area contributed by atoms with Crippen LogP contribution in [0.25, 0.3) is 5.82 Å². The van der Waals surface area contributed by atoms with Gasteiger partial charge in [-0.15, -0.1) is 5.10 Å². The molecule has 0 radical (unpaired) electrons. The summed E-state index contributed by atoms with van der Waals surface area (Å²) in [5, 5.41) is 7.20. The number of ether oxygens (including phenoxy) is 1. The quantitative estimate of drug-likeness (QED) is 0.723. The number of nitrogen functional groups attached to an aromatic ring is 1. The Hall–Kier alpha value is -2.15. The molecule has 7 nitrogen and oxygen atoms in total. The molecule has 3 N–H and O–H groups in total.